The highest BCUT2D eigenvalue weighted by atomic mass is 31.2. The molecule has 0 aliphatic rings. The summed E-state index contributed by atoms with van der Waals surface area (Å²) in [5.74, 6) is 0.351. The van der Waals surface area contributed by atoms with Crippen LogP contribution in [-0.2, 0) is 9.09 Å². The van der Waals surface area contributed by atoms with Crippen molar-refractivity contribution in [2.24, 2.45) is 0 Å². The monoisotopic (exact) mass is 300 g/mol. The van der Waals surface area contributed by atoms with Gasteiger partial charge in [0.2, 0.25) is 0 Å². The van der Waals surface area contributed by atoms with E-state index in [1.165, 1.54) is 19.3 Å². The molecule has 5 heteroatoms. The summed E-state index contributed by atoms with van der Waals surface area (Å²) >= 11 is 0. The lowest BCUT2D eigenvalue weighted by molar-refractivity contribution is 0.199. The van der Waals surface area contributed by atoms with Crippen LogP contribution < -0.4 is 4.52 Å². The fraction of sp³-hybridized carbons (Fsp3) is 0.600. The van der Waals surface area contributed by atoms with Crippen LogP contribution in [0.25, 0.3) is 0 Å². The van der Waals surface area contributed by atoms with Gasteiger partial charge >= 0.3 is 7.82 Å². The molecule has 114 valence electrons. The summed E-state index contributed by atoms with van der Waals surface area (Å²) in [6.45, 7) is 4.37. The van der Waals surface area contributed by atoms with E-state index in [9.17, 15) is 9.46 Å². The Bertz CT molecular complexity index is 416. The quantitative estimate of drug-likeness (QED) is 0.495. The van der Waals surface area contributed by atoms with E-state index in [1.807, 2.05) is 19.1 Å². The Hall–Kier alpha value is -0.830. The summed E-state index contributed by atoms with van der Waals surface area (Å²) in [4.78, 5) is 9.59. The lowest BCUT2D eigenvalue weighted by atomic mass is 10.1. The summed E-state index contributed by atoms with van der Waals surface area (Å²) < 4.78 is 21.7. The van der Waals surface area contributed by atoms with Gasteiger partial charge < -0.3 is 4.52 Å². The van der Waals surface area contributed by atoms with Crippen LogP contribution in [-0.4, -0.2) is 11.5 Å². The summed E-state index contributed by atoms with van der Waals surface area (Å²) in [5.41, 5.74) is 1.07. The highest BCUT2D eigenvalue weighted by Gasteiger charge is 2.22. The third-order valence-corrected chi connectivity index (χ3v) is 3.94. The first kappa shape index (κ1) is 17.2. The molecule has 1 aromatic carbocycles. The van der Waals surface area contributed by atoms with Crippen LogP contribution in [0.2, 0.25) is 0 Å². The van der Waals surface area contributed by atoms with Gasteiger partial charge in [0, 0.05) is 0 Å². The first-order chi connectivity index (χ1) is 9.53. The minimum Gasteiger partial charge on any atom is -0.404 e. The van der Waals surface area contributed by atoms with Crippen molar-refractivity contribution in [3.05, 3.63) is 29.8 Å². The zero-order valence-electron chi connectivity index (χ0n) is 12.4. The normalized spacial score (nSPS) is 13.9. The van der Waals surface area contributed by atoms with Gasteiger partial charge in [-0.1, -0.05) is 56.7 Å². The molecule has 1 rings (SSSR count). The fourth-order valence-electron chi connectivity index (χ4n) is 1.82. The molecule has 4 nitrogen and oxygen atoms in total. The maximum Gasteiger partial charge on any atom is 0.527 e. The predicted molar refractivity (Wildman–Crippen MR) is 81.0 cm³/mol. The molecular weight excluding hydrogens is 275 g/mol. The molecule has 0 aliphatic carbocycles. The van der Waals surface area contributed by atoms with Crippen molar-refractivity contribution < 1.29 is 18.5 Å². The molecule has 0 saturated carbocycles. The molecule has 0 radical (unpaired) electrons. The van der Waals surface area contributed by atoms with Gasteiger partial charge in [0.25, 0.3) is 0 Å². The van der Waals surface area contributed by atoms with E-state index >= 15 is 0 Å². The SMILES string of the molecule is CCCCCCCCOP(=O)(O)Oc1ccc(C)cc1. The summed E-state index contributed by atoms with van der Waals surface area (Å²) in [6.07, 6.45) is 6.62. The minimum absolute atomic E-state index is 0.256. The van der Waals surface area contributed by atoms with Crippen molar-refractivity contribution in [3.63, 3.8) is 0 Å². The molecule has 1 aromatic rings. The lowest BCUT2D eigenvalue weighted by Crippen LogP contribution is -1.99. The Balaban J connectivity index is 2.21. The standard InChI is InChI=1S/C15H25O4P/c1-3-4-5-6-7-8-13-18-20(16,17)19-15-11-9-14(2)10-12-15/h9-12H,3-8,13H2,1-2H3,(H,16,17). The molecule has 0 spiro atoms. The maximum atomic E-state index is 11.7. The van der Waals surface area contributed by atoms with E-state index in [4.69, 9.17) is 9.05 Å². The minimum atomic E-state index is -3.99. The number of unbranched alkanes of at least 4 members (excludes halogenated alkanes) is 5. The Labute approximate surface area is 121 Å². The maximum absolute atomic E-state index is 11.7. The van der Waals surface area contributed by atoms with Crippen LogP contribution in [0.5, 0.6) is 5.75 Å². The van der Waals surface area contributed by atoms with E-state index in [0.29, 0.717) is 5.75 Å². The molecule has 0 aliphatic heterocycles. The molecule has 0 heterocycles. The Morgan fingerprint density at radius 3 is 2.30 bits per heavy atom. The van der Waals surface area contributed by atoms with Gasteiger partial charge in [0.15, 0.2) is 0 Å². The molecule has 0 amide bonds. The van der Waals surface area contributed by atoms with Crippen LogP contribution in [0.1, 0.15) is 51.0 Å². The summed E-state index contributed by atoms with van der Waals surface area (Å²) in [7, 11) is -3.99. The number of hydrogen-bond acceptors (Lipinski definition) is 3. The summed E-state index contributed by atoms with van der Waals surface area (Å²) in [6, 6.07) is 6.96. The largest absolute Gasteiger partial charge is 0.527 e. The molecule has 0 fully saturated rings. The molecule has 1 N–H and O–H groups in total. The van der Waals surface area contributed by atoms with Crippen molar-refractivity contribution in [3.8, 4) is 5.75 Å². The van der Waals surface area contributed by atoms with Crippen molar-refractivity contribution in [2.45, 2.75) is 52.4 Å². The van der Waals surface area contributed by atoms with Gasteiger partial charge in [-0.05, 0) is 25.5 Å². The topological polar surface area (TPSA) is 55.8 Å². The van der Waals surface area contributed by atoms with Gasteiger partial charge in [-0.3, -0.25) is 9.42 Å². The van der Waals surface area contributed by atoms with Gasteiger partial charge in [-0.25, -0.2) is 4.57 Å². The van der Waals surface area contributed by atoms with Crippen LogP contribution in [0.4, 0.5) is 0 Å². The van der Waals surface area contributed by atoms with Crippen molar-refractivity contribution in [1.82, 2.24) is 0 Å². The van der Waals surface area contributed by atoms with Gasteiger partial charge in [-0.15, -0.1) is 0 Å². The van der Waals surface area contributed by atoms with Gasteiger partial charge in [0.1, 0.15) is 5.75 Å². The number of benzene rings is 1. The van der Waals surface area contributed by atoms with E-state index in [-0.39, 0.29) is 6.61 Å². The first-order valence-electron chi connectivity index (χ1n) is 7.27. The number of phosphoric ester groups is 1. The predicted octanol–water partition coefficient (Wildman–Crippen LogP) is 4.85. The third kappa shape index (κ3) is 7.68. The second-order valence-electron chi connectivity index (χ2n) is 4.97. The first-order valence-corrected chi connectivity index (χ1v) is 8.76. The fourth-order valence-corrected chi connectivity index (χ4v) is 2.62. The lowest BCUT2D eigenvalue weighted by Gasteiger charge is -2.13. The smallest absolute Gasteiger partial charge is 0.404 e. The Morgan fingerprint density at radius 2 is 1.65 bits per heavy atom. The van der Waals surface area contributed by atoms with Crippen molar-refractivity contribution >= 4 is 7.82 Å². The van der Waals surface area contributed by atoms with Crippen LogP contribution in [0.3, 0.4) is 0 Å². The average Bonchev–Trinajstić information content (AvgIpc) is 2.40. The van der Waals surface area contributed by atoms with Gasteiger partial charge in [0.05, 0.1) is 6.61 Å². The van der Waals surface area contributed by atoms with E-state index in [1.54, 1.807) is 12.1 Å². The Kier molecular flexibility index (Phi) is 7.90. The van der Waals surface area contributed by atoms with E-state index in [2.05, 4.69) is 6.92 Å². The zero-order chi connectivity index (χ0) is 14.8. The molecule has 20 heavy (non-hydrogen) atoms. The highest BCUT2D eigenvalue weighted by molar-refractivity contribution is 7.47. The second-order valence-corrected chi connectivity index (χ2v) is 6.35. The van der Waals surface area contributed by atoms with Crippen LogP contribution in [0.15, 0.2) is 24.3 Å². The zero-order valence-corrected chi connectivity index (χ0v) is 13.3. The Morgan fingerprint density at radius 1 is 1.05 bits per heavy atom. The number of rotatable bonds is 10. The average molecular weight is 300 g/mol. The molecule has 1 atom stereocenters. The molecule has 0 bridgehead atoms. The molecular formula is C15H25O4P. The number of phosphoric acid groups is 1. The third-order valence-electron chi connectivity index (χ3n) is 2.99. The van der Waals surface area contributed by atoms with Gasteiger partial charge in [-0.2, -0.15) is 0 Å². The number of hydrogen-bond donors (Lipinski definition) is 1. The summed E-state index contributed by atoms with van der Waals surface area (Å²) in [5, 5.41) is 0. The van der Waals surface area contributed by atoms with Crippen molar-refractivity contribution in [2.75, 3.05) is 6.61 Å². The van der Waals surface area contributed by atoms with E-state index in [0.717, 1.165) is 24.8 Å². The van der Waals surface area contributed by atoms with Crippen LogP contribution in [0, 0.1) is 6.92 Å². The molecule has 0 aromatic heterocycles. The number of aryl methyl sites for hydroxylation is 1. The van der Waals surface area contributed by atoms with E-state index < -0.39 is 7.82 Å². The molecule has 0 saturated heterocycles. The van der Waals surface area contributed by atoms with Crippen molar-refractivity contribution in [1.29, 1.82) is 0 Å². The second kappa shape index (κ2) is 9.17. The highest BCUT2D eigenvalue weighted by Crippen LogP contribution is 2.43. The molecule has 1 unspecified atom stereocenters. The van der Waals surface area contributed by atoms with Crippen LogP contribution >= 0.6 is 7.82 Å².